The van der Waals surface area contributed by atoms with Gasteiger partial charge in [-0.3, -0.25) is 0 Å². The van der Waals surface area contributed by atoms with Crippen molar-refractivity contribution in [1.82, 2.24) is 0 Å². The molecule has 0 N–H and O–H groups in total. The molecule has 28 heteroatoms. The highest BCUT2D eigenvalue weighted by Crippen LogP contribution is 2.66. The van der Waals surface area contributed by atoms with Crippen molar-refractivity contribution in [2.24, 2.45) is 11.8 Å². The number of hydrogen-bond donors (Lipinski definition) is 0. The summed E-state index contributed by atoms with van der Waals surface area (Å²) < 4.78 is 324. The van der Waals surface area contributed by atoms with Gasteiger partial charge in [0, 0.05) is 24.9 Å². The molecule has 0 heterocycles. The van der Waals surface area contributed by atoms with Crippen LogP contribution in [-0.4, -0.2) is 107 Å². The lowest BCUT2D eigenvalue weighted by Crippen LogP contribution is -2.76. The second kappa shape index (κ2) is 23.4. The van der Waals surface area contributed by atoms with Gasteiger partial charge in [-0.2, -0.15) is 92.2 Å². The van der Waals surface area contributed by atoms with E-state index in [1.807, 2.05) is 13.8 Å². The zero-order valence-electron chi connectivity index (χ0n) is 41.2. The monoisotopic (exact) mass is 1130 g/mol. The Morgan fingerprint density at radius 2 is 1.00 bits per heavy atom. The summed E-state index contributed by atoms with van der Waals surface area (Å²) in [5.74, 6) is -77.1. The van der Waals surface area contributed by atoms with Gasteiger partial charge in [-0.1, -0.05) is 58.9 Å². The summed E-state index contributed by atoms with van der Waals surface area (Å²) >= 11 is 0. The van der Waals surface area contributed by atoms with Gasteiger partial charge in [-0.15, -0.1) is 6.58 Å². The van der Waals surface area contributed by atoms with E-state index < -0.39 is 99.5 Å². The van der Waals surface area contributed by atoms with E-state index >= 15 is 0 Å². The number of hydrogen-bond acceptors (Lipinski definition) is 6. The molecule has 2 aromatic rings. The van der Waals surface area contributed by atoms with Crippen molar-refractivity contribution in [1.29, 1.82) is 0 Å². The zero-order chi connectivity index (χ0) is 57.8. The molecular weight excluding hydrogens is 1080 g/mol. The average Bonchev–Trinajstić information content (AvgIpc) is 3.28. The van der Waals surface area contributed by atoms with Crippen LogP contribution < -0.4 is 14.2 Å². The summed E-state index contributed by atoms with van der Waals surface area (Å²) in [6.07, 6.45) is -10.6. The van der Waals surface area contributed by atoms with Crippen molar-refractivity contribution in [3.8, 4) is 17.2 Å². The lowest BCUT2D eigenvalue weighted by Gasteiger charge is -2.44. The summed E-state index contributed by atoms with van der Waals surface area (Å²) in [4.78, 5) is 0. The maximum atomic E-state index is 14.5. The summed E-state index contributed by atoms with van der Waals surface area (Å²) in [6, 6.07) is 10.4. The van der Waals surface area contributed by atoms with Gasteiger partial charge in [0.05, 0.1) is 46.2 Å². The topological polar surface area (TPSA) is 55.4 Å². The van der Waals surface area contributed by atoms with Crippen molar-refractivity contribution in [3.05, 3.63) is 66.2 Å². The molecule has 4 atom stereocenters. The van der Waals surface area contributed by atoms with E-state index in [4.69, 9.17) is 28.1 Å². The molecular formula is C46H57F21O6Si. The summed E-state index contributed by atoms with van der Waals surface area (Å²) in [7, 11) is 0.828. The second-order valence-electron chi connectivity index (χ2n) is 18.9. The number of halogens is 21. The van der Waals surface area contributed by atoms with Crippen molar-refractivity contribution >= 4 is 8.32 Å². The quantitative estimate of drug-likeness (QED) is 0.0336. The van der Waals surface area contributed by atoms with Crippen LogP contribution in [0.15, 0.2) is 55.1 Å². The molecule has 74 heavy (non-hydrogen) atoms. The van der Waals surface area contributed by atoms with Gasteiger partial charge in [-0.25, -0.2) is 0 Å². The molecule has 2 rings (SSSR count). The molecule has 6 nitrogen and oxygen atoms in total. The van der Waals surface area contributed by atoms with Gasteiger partial charge in [0.15, 0.2) is 19.8 Å². The van der Waals surface area contributed by atoms with Crippen LogP contribution in [0, 0.1) is 11.8 Å². The van der Waals surface area contributed by atoms with Crippen molar-refractivity contribution < 1.29 is 120 Å². The third-order valence-electron chi connectivity index (χ3n) is 12.7. The van der Waals surface area contributed by atoms with Crippen LogP contribution in [0.3, 0.4) is 0 Å². The van der Waals surface area contributed by atoms with Gasteiger partial charge in [0.25, 0.3) is 0 Å². The average molecular weight is 1130 g/mol. The number of benzene rings is 2. The Balaban J connectivity index is 2.27. The van der Waals surface area contributed by atoms with E-state index in [-0.39, 0.29) is 35.8 Å². The smallest absolute Gasteiger partial charge is 0.460 e. The minimum absolute atomic E-state index is 0.0749. The largest absolute Gasteiger partial charge is 0.494 e. The molecule has 0 saturated heterocycles. The molecule has 0 fully saturated rings. The van der Waals surface area contributed by atoms with Crippen LogP contribution in [0.4, 0.5) is 92.2 Å². The van der Waals surface area contributed by atoms with Gasteiger partial charge in [-0.05, 0) is 72.8 Å². The fraction of sp³-hybridized carbons (Fsp3) is 0.696. The molecule has 0 bridgehead atoms. The minimum atomic E-state index is -9.22. The minimum Gasteiger partial charge on any atom is -0.494 e. The first kappa shape index (κ1) is 66.3. The zero-order valence-corrected chi connectivity index (χ0v) is 42.2. The van der Waals surface area contributed by atoms with Crippen LogP contribution >= 0.6 is 0 Å². The number of methoxy groups -OCH3 is 2. The molecule has 0 unspecified atom stereocenters. The molecule has 0 radical (unpaired) electrons. The van der Waals surface area contributed by atoms with E-state index in [1.165, 1.54) is 38.5 Å². The lowest BCUT2D eigenvalue weighted by molar-refractivity contribution is -0.474. The highest BCUT2D eigenvalue weighted by atomic mass is 28.4. The Labute approximate surface area is 414 Å². The number of rotatable bonds is 30. The van der Waals surface area contributed by atoms with E-state index in [0.29, 0.717) is 36.5 Å². The lowest BCUT2D eigenvalue weighted by atomic mass is 9.85. The van der Waals surface area contributed by atoms with Crippen LogP contribution in [0.2, 0.25) is 18.1 Å². The van der Waals surface area contributed by atoms with E-state index in [2.05, 4.69) is 40.4 Å². The third kappa shape index (κ3) is 13.1. The maximum Gasteiger partial charge on any atom is 0.460 e. The predicted octanol–water partition coefficient (Wildman–Crippen LogP) is 15.9. The molecule has 0 aromatic heterocycles. The Kier molecular flexibility index (Phi) is 21.0. The van der Waals surface area contributed by atoms with Crippen LogP contribution in [0.1, 0.15) is 71.4 Å². The maximum absolute atomic E-state index is 14.5. The van der Waals surface area contributed by atoms with Gasteiger partial charge in [0.2, 0.25) is 0 Å². The summed E-state index contributed by atoms with van der Waals surface area (Å²) in [5, 5.41) is -0.0766. The molecule has 0 aliphatic rings. The standard InChI is InChI=1S/C46H57F21O6Si/c1-11-27(2)35(72-26-30-17-20-33(68-7)34(24-30)69-8)28(3)32(14-12-23-73-74(9,10)36(4,5)6)71-25-29-15-18-31(19-16-29)70-22-13-21-37(47,48)38(49,50)39(51,52)40(53,54)41(55,56)42(57,58)43(59,60)44(61,62)45(63,64)46(65,66)67/h11,15-20,24,27-28,32,35H,1,12-14,21-23,25-26H2,2-10H3/t27-,28-,32+,35-/m0/s1. The van der Waals surface area contributed by atoms with Crippen LogP contribution in [-0.2, 0) is 27.1 Å². The molecule has 0 amide bonds. The SMILES string of the molecule is C=C[C@H](C)[C@H](OCc1ccc(OC)c(OC)c1)[C@@H](C)[C@@H](CCCO[Si](C)(C)C(C)(C)C)OCc1ccc(OCCCC(F)(F)C(F)(F)C(F)(F)C(F)(F)C(F)(F)C(F)(F)C(F)(F)C(F)(F)C(F)(F)C(F)(F)F)cc1. The first-order chi connectivity index (χ1) is 33.3. The predicted molar refractivity (Wildman–Crippen MR) is 229 cm³/mol. The molecule has 428 valence electrons. The Bertz CT molecular complexity index is 2110. The fourth-order valence-corrected chi connectivity index (χ4v) is 7.82. The fourth-order valence-electron chi connectivity index (χ4n) is 6.73. The first-order valence-corrected chi connectivity index (χ1v) is 25.1. The highest BCUT2D eigenvalue weighted by molar-refractivity contribution is 6.74. The van der Waals surface area contributed by atoms with E-state index in [1.54, 1.807) is 24.3 Å². The third-order valence-corrected chi connectivity index (χ3v) is 17.2. The van der Waals surface area contributed by atoms with Crippen LogP contribution in [0.5, 0.6) is 17.2 Å². The molecule has 2 aromatic carbocycles. The molecule has 0 spiro atoms. The van der Waals surface area contributed by atoms with Crippen molar-refractivity contribution in [2.75, 3.05) is 27.4 Å². The normalized spacial score (nSPS) is 16.1. The van der Waals surface area contributed by atoms with Gasteiger partial charge < -0.3 is 28.1 Å². The van der Waals surface area contributed by atoms with Crippen LogP contribution in [0.25, 0.3) is 0 Å². The molecule has 0 saturated carbocycles. The summed E-state index contributed by atoms with van der Waals surface area (Å²) in [6.45, 7) is 17.5. The molecule has 0 aliphatic carbocycles. The Hall–Kier alpha value is -3.79. The second-order valence-corrected chi connectivity index (χ2v) is 23.7. The van der Waals surface area contributed by atoms with Crippen molar-refractivity contribution in [2.45, 2.75) is 163 Å². The molecule has 0 aliphatic heterocycles. The highest BCUT2D eigenvalue weighted by Gasteiger charge is 2.97. The number of ether oxygens (including phenoxy) is 5. The van der Waals surface area contributed by atoms with E-state index in [9.17, 15) is 92.2 Å². The van der Waals surface area contributed by atoms with Crippen molar-refractivity contribution in [3.63, 3.8) is 0 Å². The van der Waals surface area contributed by atoms with E-state index in [0.717, 1.165) is 5.56 Å². The Morgan fingerprint density at radius 3 is 1.45 bits per heavy atom. The number of alkyl halides is 21. The van der Waals surface area contributed by atoms with Gasteiger partial charge >= 0.3 is 59.5 Å². The Morgan fingerprint density at radius 1 is 0.554 bits per heavy atom. The van der Waals surface area contributed by atoms with Gasteiger partial charge in [0.1, 0.15) is 5.75 Å². The first-order valence-electron chi connectivity index (χ1n) is 22.2. The summed E-state index contributed by atoms with van der Waals surface area (Å²) in [5.41, 5.74) is 1.22.